The first-order valence-corrected chi connectivity index (χ1v) is 12.3. The Morgan fingerprint density at radius 1 is 1.05 bits per heavy atom. The lowest BCUT2D eigenvalue weighted by atomic mass is 9.60. The molecule has 0 saturated heterocycles. The zero-order valence-electron chi connectivity index (χ0n) is 20.2. The summed E-state index contributed by atoms with van der Waals surface area (Å²) in [6, 6.07) is 17.4. The van der Waals surface area contributed by atoms with Gasteiger partial charge in [0.1, 0.15) is 23.1 Å². The minimum absolute atomic E-state index is 0.0874. The number of fused-ring (bicyclic) bond motifs is 3. The number of anilines is 2. The fraction of sp³-hybridized carbons (Fsp3) is 0.207. The van der Waals surface area contributed by atoms with Crippen molar-refractivity contribution >= 4 is 40.5 Å². The maximum Gasteiger partial charge on any atom is 0.245 e. The van der Waals surface area contributed by atoms with Crippen LogP contribution in [0.5, 0.6) is 0 Å². The number of Topliss-reactive ketones (excluding diaryl/α,β-unsaturated/α-hetero) is 1. The van der Waals surface area contributed by atoms with E-state index in [1.54, 1.807) is 52.2 Å². The van der Waals surface area contributed by atoms with Crippen molar-refractivity contribution in [2.24, 2.45) is 5.41 Å². The lowest BCUT2D eigenvalue weighted by Gasteiger charge is -2.47. The van der Waals surface area contributed by atoms with Gasteiger partial charge in [-0.3, -0.25) is 14.5 Å². The molecule has 1 unspecified atom stereocenters. The third-order valence-electron chi connectivity index (χ3n) is 7.35. The fourth-order valence-corrected chi connectivity index (χ4v) is 6.12. The van der Waals surface area contributed by atoms with Crippen LogP contribution in [0.25, 0.3) is 5.82 Å². The Hall–Kier alpha value is -4.15. The number of ketones is 1. The van der Waals surface area contributed by atoms with Crippen LogP contribution in [0.3, 0.4) is 0 Å². The quantitative estimate of drug-likeness (QED) is 0.455. The summed E-state index contributed by atoms with van der Waals surface area (Å²) in [7, 11) is 0. The standard InChI is InChI=1S/C29H22ClFN4O2/c1-28(2)14-23-25(24(36)15-28)29(18-7-3-4-8-22(18)33-27(29)37)19(16-32)26(34-11-5-6-12-34)35(23)17-9-10-21(31)20(30)13-17/h3-13H,14-15H2,1-2H3,(H,33,37). The highest BCUT2D eigenvalue weighted by Crippen LogP contribution is 2.58. The van der Waals surface area contributed by atoms with Gasteiger partial charge >= 0.3 is 0 Å². The van der Waals surface area contributed by atoms with Crippen LogP contribution in [0.1, 0.15) is 32.3 Å². The second-order valence-corrected chi connectivity index (χ2v) is 10.8. The molecule has 0 saturated carbocycles. The fourth-order valence-electron chi connectivity index (χ4n) is 5.95. The number of halogens is 2. The number of amides is 1. The van der Waals surface area contributed by atoms with Crippen LogP contribution in [-0.4, -0.2) is 16.3 Å². The van der Waals surface area contributed by atoms with Crippen molar-refractivity contribution in [1.82, 2.24) is 4.57 Å². The third kappa shape index (κ3) is 3.15. The van der Waals surface area contributed by atoms with Crippen molar-refractivity contribution in [2.75, 3.05) is 10.2 Å². The lowest BCUT2D eigenvalue weighted by molar-refractivity contribution is -0.123. The van der Waals surface area contributed by atoms with Crippen molar-refractivity contribution in [1.29, 1.82) is 5.26 Å². The highest BCUT2D eigenvalue weighted by atomic mass is 35.5. The molecule has 6 rings (SSSR count). The molecule has 8 heteroatoms. The molecule has 1 atom stereocenters. The number of allylic oxidation sites excluding steroid dienone is 1. The molecule has 2 aliphatic heterocycles. The average molecular weight is 513 g/mol. The largest absolute Gasteiger partial charge is 0.324 e. The van der Waals surface area contributed by atoms with Gasteiger partial charge in [0.05, 0.1) is 10.6 Å². The zero-order chi connectivity index (χ0) is 26.1. The van der Waals surface area contributed by atoms with Crippen LogP contribution in [0.15, 0.2) is 83.8 Å². The lowest BCUT2D eigenvalue weighted by Crippen LogP contribution is -2.51. The number of carbonyl (C=O) groups excluding carboxylic acids is 2. The third-order valence-corrected chi connectivity index (χ3v) is 7.64. The monoisotopic (exact) mass is 512 g/mol. The second kappa shape index (κ2) is 7.92. The van der Waals surface area contributed by atoms with Crippen LogP contribution < -0.4 is 10.2 Å². The average Bonchev–Trinajstić information content (AvgIpc) is 3.47. The van der Waals surface area contributed by atoms with Gasteiger partial charge < -0.3 is 9.88 Å². The van der Waals surface area contributed by atoms with E-state index >= 15 is 0 Å². The first-order valence-electron chi connectivity index (χ1n) is 11.9. The van der Waals surface area contributed by atoms with Crippen LogP contribution in [0, 0.1) is 22.6 Å². The summed E-state index contributed by atoms with van der Waals surface area (Å²) in [5.41, 5.74) is 0.573. The van der Waals surface area contributed by atoms with E-state index in [2.05, 4.69) is 11.4 Å². The van der Waals surface area contributed by atoms with Gasteiger partial charge in [-0.05, 0) is 48.2 Å². The predicted molar refractivity (Wildman–Crippen MR) is 139 cm³/mol. The molecule has 1 amide bonds. The van der Waals surface area contributed by atoms with Crippen LogP contribution in [-0.2, 0) is 15.0 Å². The molecule has 0 fully saturated rings. The molecule has 1 spiro atoms. The number of nitriles is 1. The van der Waals surface area contributed by atoms with Crippen molar-refractivity contribution in [3.8, 4) is 6.07 Å². The Kier molecular flexibility index (Phi) is 4.98. The minimum atomic E-state index is -1.62. The minimum Gasteiger partial charge on any atom is -0.324 e. The summed E-state index contributed by atoms with van der Waals surface area (Å²) in [6.45, 7) is 4.00. The van der Waals surface area contributed by atoms with E-state index in [-0.39, 0.29) is 28.4 Å². The van der Waals surface area contributed by atoms with E-state index in [9.17, 15) is 19.2 Å². The topological polar surface area (TPSA) is 78.1 Å². The Morgan fingerprint density at radius 2 is 1.78 bits per heavy atom. The molecule has 37 heavy (non-hydrogen) atoms. The van der Waals surface area contributed by atoms with E-state index in [4.69, 9.17) is 11.6 Å². The summed E-state index contributed by atoms with van der Waals surface area (Å²) < 4.78 is 16.0. The van der Waals surface area contributed by atoms with Crippen molar-refractivity contribution in [2.45, 2.75) is 32.1 Å². The summed E-state index contributed by atoms with van der Waals surface area (Å²) in [5, 5.41) is 13.6. The van der Waals surface area contributed by atoms with Crippen LogP contribution >= 0.6 is 11.6 Å². The molecule has 1 aliphatic carbocycles. The van der Waals surface area contributed by atoms with Gasteiger partial charge in [0.25, 0.3) is 0 Å². The molecule has 3 heterocycles. The Balaban J connectivity index is 1.79. The highest BCUT2D eigenvalue weighted by Gasteiger charge is 2.61. The highest BCUT2D eigenvalue weighted by molar-refractivity contribution is 6.31. The number of benzene rings is 2. The molecule has 3 aliphatic rings. The van der Waals surface area contributed by atoms with Crippen LogP contribution in [0.2, 0.25) is 5.02 Å². The summed E-state index contributed by atoms with van der Waals surface area (Å²) in [6.07, 6.45) is 4.22. The first kappa shape index (κ1) is 23.3. The molecule has 184 valence electrons. The van der Waals surface area contributed by atoms with Crippen molar-refractivity contribution in [3.63, 3.8) is 0 Å². The van der Waals surface area contributed by atoms with E-state index in [1.165, 1.54) is 12.1 Å². The number of rotatable bonds is 2. The predicted octanol–water partition coefficient (Wildman–Crippen LogP) is 6.03. The number of hydrogen-bond acceptors (Lipinski definition) is 4. The molecule has 1 N–H and O–H groups in total. The molecule has 6 nitrogen and oxygen atoms in total. The first-order chi connectivity index (χ1) is 17.7. The van der Waals surface area contributed by atoms with Crippen LogP contribution in [0.4, 0.5) is 15.8 Å². The molecule has 2 aromatic carbocycles. The molecule has 1 aromatic heterocycles. The normalized spacial score (nSPS) is 22.2. The van der Waals surface area contributed by atoms with Gasteiger partial charge in [0.15, 0.2) is 5.78 Å². The number of carbonyl (C=O) groups is 2. The SMILES string of the molecule is CC1(C)CC(=O)C2=C(C1)N(c1ccc(F)c(Cl)c1)C(n1cccc1)=C(C#N)C21C(=O)Nc2ccccc21. The van der Waals surface area contributed by atoms with E-state index in [1.807, 2.05) is 26.0 Å². The number of aromatic nitrogens is 1. The second-order valence-electron chi connectivity index (χ2n) is 10.3. The smallest absolute Gasteiger partial charge is 0.245 e. The molecule has 0 radical (unpaired) electrons. The van der Waals surface area contributed by atoms with Gasteiger partial charge in [0, 0.05) is 47.0 Å². The molecular weight excluding hydrogens is 491 g/mol. The van der Waals surface area contributed by atoms with Crippen molar-refractivity contribution in [3.05, 3.63) is 100 Å². The molecular formula is C29H22ClFN4O2. The van der Waals surface area contributed by atoms with Crippen molar-refractivity contribution < 1.29 is 14.0 Å². The summed E-state index contributed by atoms with van der Waals surface area (Å²) in [4.78, 5) is 29.8. The summed E-state index contributed by atoms with van der Waals surface area (Å²) >= 11 is 6.21. The van der Waals surface area contributed by atoms with Gasteiger partial charge in [-0.1, -0.05) is 43.6 Å². The molecule has 0 bridgehead atoms. The van der Waals surface area contributed by atoms with E-state index in [0.717, 1.165) is 0 Å². The Morgan fingerprint density at radius 3 is 2.49 bits per heavy atom. The Labute approximate surface area is 218 Å². The van der Waals surface area contributed by atoms with Gasteiger partial charge in [-0.15, -0.1) is 0 Å². The van der Waals surface area contributed by atoms with E-state index < -0.39 is 22.6 Å². The maximum atomic E-state index is 14.2. The van der Waals surface area contributed by atoms with Gasteiger partial charge in [-0.2, -0.15) is 5.26 Å². The summed E-state index contributed by atoms with van der Waals surface area (Å²) in [5.74, 6) is -0.821. The maximum absolute atomic E-state index is 14.2. The van der Waals surface area contributed by atoms with E-state index in [0.29, 0.717) is 34.9 Å². The van der Waals surface area contributed by atoms with Gasteiger partial charge in [-0.25, -0.2) is 4.39 Å². The van der Waals surface area contributed by atoms with Gasteiger partial charge in [0.2, 0.25) is 5.91 Å². The number of nitrogens with zero attached hydrogens (tertiary/aromatic N) is 3. The number of para-hydroxylation sites is 1. The number of hydrogen-bond donors (Lipinski definition) is 1. The zero-order valence-corrected chi connectivity index (χ0v) is 20.9. The Bertz CT molecular complexity index is 1610. The number of nitrogens with one attached hydrogen (secondary N) is 1. The molecule has 3 aromatic rings.